The van der Waals surface area contributed by atoms with Crippen molar-refractivity contribution >= 4 is 23.3 Å². The molecule has 0 saturated carbocycles. The molecule has 1 amide bonds. The lowest BCUT2D eigenvalue weighted by molar-refractivity contribution is 0.0950. The van der Waals surface area contributed by atoms with E-state index in [4.69, 9.17) is 22.7 Å². The van der Waals surface area contributed by atoms with Gasteiger partial charge in [-0.3, -0.25) is 10.2 Å². The molecule has 23 heavy (non-hydrogen) atoms. The molecule has 0 fully saturated rings. The Bertz CT molecular complexity index is 685. The molecule has 0 heterocycles. The van der Waals surface area contributed by atoms with Crippen molar-refractivity contribution in [3.05, 3.63) is 64.2 Å². The van der Waals surface area contributed by atoms with E-state index in [0.29, 0.717) is 17.1 Å². The predicted octanol–water partition coefficient (Wildman–Crippen LogP) is 3.29. The molecule has 0 atom stereocenters. The van der Waals surface area contributed by atoms with Gasteiger partial charge in [0.1, 0.15) is 11.6 Å². The van der Waals surface area contributed by atoms with Crippen LogP contribution >= 0.6 is 11.6 Å². The fourth-order valence-corrected chi connectivity index (χ4v) is 1.91. The number of rotatable bonds is 4. The monoisotopic (exact) mass is 333 g/mol. The van der Waals surface area contributed by atoms with Crippen LogP contribution in [-0.2, 0) is 6.54 Å². The number of halogens is 1. The molecule has 0 unspecified atom stereocenters. The molecule has 0 spiro atoms. The molecule has 6 heteroatoms. The van der Waals surface area contributed by atoms with Crippen molar-refractivity contribution in [2.24, 2.45) is 5.73 Å². The molecule has 2 aromatic rings. The van der Waals surface area contributed by atoms with Crippen LogP contribution in [0.25, 0.3) is 0 Å². The van der Waals surface area contributed by atoms with Gasteiger partial charge in [0.15, 0.2) is 0 Å². The summed E-state index contributed by atoms with van der Waals surface area (Å²) < 4.78 is 0. The summed E-state index contributed by atoms with van der Waals surface area (Å²) in [4.78, 5) is 12.0. The number of nitrogens with one attached hydrogen (secondary N) is 2. The highest BCUT2D eigenvalue weighted by Crippen LogP contribution is 2.18. The van der Waals surface area contributed by atoms with E-state index in [0.717, 1.165) is 5.56 Å². The number of carbonyl (C=O) groups is 1. The maximum Gasteiger partial charge on any atom is 0.251 e. The minimum Gasteiger partial charge on any atom is -0.507 e. The maximum atomic E-state index is 12.0. The van der Waals surface area contributed by atoms with Gasteiger partial charge in [0.25, 0.3) is 5.91 Å². The van der Waals surface area contributed by atoms with E-state index in [1.165, 1.54) is 18.2 Å². The molecule has 0 aliphatic rings. The predicted molar refractivity (Wildman–Crippen MR) is 93.1 cm³/mol. The third-order valence-electron chi connectivity index (χ3n) is 2.92. The number of hydrogen-bond acceptors (Lipinski definition) is 3. The molecular weight excluding hydrogens is 314 g/mol. The minimum absolute atomic E-state index is 0.193. The second kappa shape index (κ2) is 8.80. The third kappa shape index (κ3) is 5.30. The first-order valence-corrected chi connectivity index (χ1v) is 7.55. The topological polar surface area (TPSA) is 99.2 Å². The molecule has 2 rings (SSSR count). The third-order valence-corrected chi connectivity index (χ3v) is 3.17. The summed E-state index contributed by atoms with van der Waals surface area (Å²) >= 11 is 5.79. The van der Waals surface area contributed by atoms with Gasteiger partial charge < -0.3 is 16.2 Å². The zero-order valence-electron chi connectivity index (χ0n) is 13.1. The average molecular weight is 334 g/mol. The van der Waals surface area contributed by atoms with Crippen molar-refractivity contribution in [2.45, 2.75) is 20.4 Å². The van der Waals surface area contributed by atoms with Crippen LogP contribution < -0.4 is 11.1 Å². The highest BCUT2D eigenvalue weighted by Gasteiger charge is 2.10. The summed E-state index contributed by atoms with van der Waals surface area (Å²) in [6, 6.07) is 11.4. The second-order valence-corrected chi connectivity index (χ2v) is 4.89. The number of nitrogens with two attached hydrogens (primary N) is 1. The number of benzene rings is 2. The normalized spacial score (nSPS) is 9.52. The maximum absolute atomic E-state index is 12.0. The summed E-state index contributed by atoms with van der Waals surface area (Å²) in [6.45, 7) is 4.35. The first-order valence-electron chi connectivity index (χ1n) is 7.17. The Morgan fingerprint density at radius 3 is 2.35 bits per heavy atom. The Hall–Kier alpha value is -2.53. The molecule has 122 valence electrons. The van der Waals surface area contributed by atoms with Crippen LogP contribution in [0.3, 0.4) is 0 Å². The van der Waals surface area contributed by atoms with Crippen LogP contribution in [0.5, 0.6) is 5.75 Å². The SMILES string of the molecule is CC.N=C(N)c1ccc(C(=O)NCc2ccc(Cl)cc2)cc1O. The summed E-state index contributed by atoms with van der Waals surface area (Å²) in [5.41, 5.74) is 6.71. The Morgan fingerprint density at radius 1 is 1.22 bits per heavy atom. The number of nitrogen functional groups attached to an aromatic ring is 1. The molecular formula is C17H20ClN3O2. The van der Waals surface area contributed by atoms with Crippen LogP contribution in [0, 0.1) is 5.41 Å². The van der Waals surface area contributed by atoms with Gasteiger partial charge in [-0.1, -0.05) is 37.6 Å². The minimum atomic E-state index is -0.324. The van der Waals surface area contributed by atoms with Crippen LogP contribution in [0.2, 0.25) is 5.02 Å². The van der Waals surface area contributed by atoms with Crippen LogP contribution in [-0.4, -0.2) is 16.8 Å². The Morgan fingerprint density at radius 2 is 1.83 bits per heavy atom. The van der Waals surface area contributed by atoms with Crippen LogP contribution in [0.1, 0.15) is 35.3 Å². The molecule has 5 nitrogen and oxygen atoms in total. The van der Waals surface area contributed by atoms with E-state index < -0.39 is 0 Å². The van der Waals surface area contributed by atoms with Gasteiger partial charge in [-0.05, 0) is 35.9 Å². The molecule has 0 aliphatic heterocycles. The van der Waals surface area contributed by atoms with E-state index in [1.54, 1.807) is 12.1 Å². The Labute approximate surface area is 140 Å². The number of hydrogen-bond donors (Lipinski definition) is 4. The average Bonchev–Trinajstić information content (AvgIpc) is 2.55. The van der Waals surface area contributed by atoms with Crippen LogP contribution in [0.4, 0.5) is 0 Å². The lowest BCUT2D eigenvalue weighted by Crippen LogP contribution is -2.23. The Kier molecular flexibility index (Phi) is 7.09. The number of amidine groups is 1. The highest BCUT2D eigenvalue weighted by atomic mass is 35.5. The van der Waals surface area contributed by atoms with E-state index in [2.05, 4.69) is 5.32 Å². The van der Waals surface area contributed by atoms with Gasteiger partial charge in [0.2, 0.25) is 0 Å². The van der Waals surface area contributed by atoms with Gasteiger partial charge in [0.05, 0.1) is 5.56 Å². The molecule has 2 aromatic carbocycles. The summed E-state index contributed by atoms with van der Waals surface area (Å²) in [5, 5.41) is 20.3. The zero-order valence-corrected chi connectivity index (χ0v) is 13.8. The van der Waals surface area contributed by atoms with E-state index in [1.807, 2.05) is 26.0 Å². The lowest BCUT2D eigenvalue weighted by Gasteiger charge is -2.08. The fraction of sp³-hybridized carbons (Fsp3) is 0.176. The number of phenolic OH excluding ortho intramolecular Hbond substituents is 1. The standard InChI is InChI=1S/C15H14ClN3O2.C2H6/c16-11-4-1-9(2-5-11)8-19-15(21)10-3-6-12(14(17)18)13(20)7-10;1-2/h1-7,20H,8H2,(H3,17,18)(H,19,21);1-2H3. The van der Waals surface area contributed by atoms with Gasteiger partial charge in [0, 0.05) is 17.1 Å². The summed E-state index contributed by atoms with van der Waals surface area (Å²) in [6.07, 6.45) is 0. The van der Waals surface area contributed by atoms with Crippen molar-refractivity contribution in [3.63, 3.8) is 0 Å². The molecule has 0 aromatic heterocycles. The van der Waals surface area contributed by atoms with E-state index >= 15 is 0 Å². The summed E-state index contributed by atoms with van der Waals surface area (Å²) in [7, 11) is 0. The summed E-state index contributed by atoms with van der Waals surface area (Å²) in [5.74, 6) is -0.766. The van der Waals surface area contributed by atoms with Crippen molar-refractivity contribution in [1.82, 2.24) is 5.32 Å². The van der Waals surface area contributed by atoms with Gasteiger partial charge in [-0.25, -0.2) is 0 Å². The number of carbonyl (C=O) groups excluding carboxylic acids is 1. The molecule has 5 N–H and O–H groups in total. The lowest BCUT2D eigenvalue weighted by atomic mass is 10.1. The van der Waals surface area contributed by atoms with Crippen molar-refractivity contribution in [1.29, 1.82) is 5.41 Å². The van der Waals surface area contributed by atoms with Gasteiger partial charge >= 0.3 is 0 Å². The van der Waals surface area contributed by atoms with Crippen molar-refractivity contribution in [2.75, 3.05) is 0 Å². The fourth-order valence-electron chi connectivity index (χ4n) is 1.79. The Balaban J connectivity index is 0.00000127. The quantitative estimate of drug-likeness (QED) is 0.510. The second-order valence-electron chi connectivity index (χ2n) is 4.45. The molecule has 0 saturated heterocycles. The smallest absolute Gasteiger partial charge is 0.251 e. The molecule has 0 bridgehead atoms. The number of amides is 1. The van der Waals surface area contributed by atoms with E-state index in [-0.39, 0.29) is 23.1 Å². The first kappa shape index (κ1) is 18.5. The number of phenols is 1. The first-order chi connectivity index (χ1) is 11.0. The van der Waals surface area contributed by atoms with Crippen LogP contribution in [0.15, 0.2) is 42.5 Å². The van der Waals surface area contributed by atoms with Crippen molar-refractivity contribution < 1.29 is 9.90 Å². The van der Waals surface area contributed by atoms with Crippen molar-refractivity contribution in [3.8, 4) is 5.75 Å². The van der Waals surface area contributed by atoms with Gasteiger partial charge in [-0.2, -0.15) is 0 Å². The largest absolute Gasteiger partial charge is 0.507 e. The molecule has 0 aliphatic carbocycles. The van der Waals surface area contributed by atoms with Gasteiger partial charge in [-0.15, -0.1) is 0 Å². The number of aromatic hydroxyl groups is 1. The highest BCUT2D eigenvalue weighted by molar-refractivity contribution is 6.30. The molecule has 0 radical (unpaired) electrons. The zero-order chi connectivity index (χ0) is 17.4. The van der Waals surface area contributed by atoms with E-state index in [9.17, 15) is 9.90 Å².